The molecule has 0 spiro atoms. The van der Waals surface area contributed by atoms with E-state index in [1.54, 1.807) is 0 Å². The maximum atomic E-state index is 6.99. The molecule has 61 heavy (non-hydrogen) atoms. The summed E-state index contributed by atoms with van der Waals surface area (Å²) in [4.78, 5) is 4.75. The molecule has 0 bridgehead atoms. The van der Waals surface area contributed by atoms with Crippen molar-refractivity contribution in [1.29, 1.82) is 0 Å². The van der Waals surface area contributed by atoms with Crippen LogP contribution in [-0.4, -0.2) is 11.3 Å². The molecule has 0 saturated heterocycles. The molecule has 0 unspecified atom stereocenters. The summed E-state index contributed by atoms with van der Waals surface area (Å²) in [7, 11) is 0. The summed E-state index contributed by atoms with van der Waals surface area (Å²) in [5.41, 5.74) is 13.9. The minimum atomic E-state index is -0.00359. The molecule has 2 aliphatic rings. The summed E-state index contributed by atoms with van der Waals surface area (Å²) in [6.07, 6.45) is 0. The Morgan fingerprint density at radius 2 is 1.03 bits per heavy atom. The van der Waals surface area contributed by atoms with Gasteiger partial charge in [-0.3, -0.25) is 0 Å². The lowest BCUT2D eigenvalue weighted by Crippen LogP contribution is -2.59. The molecule has 13 rings (SSSR count). The van der Waals surface area contributed by atoms with Crippen LogP contribution in [0.5, 0.6) is 11.5 Å². The molecule has 0 aliphatic carbocycles. The zero-order valence-electron chi connectivity index (χ0n) is 33.1. The quantitative estimate of drug-likeness (QED) is 0.162. The molecule has 0 saturated carbocycles. The highest BCUT2D eigenvalue weighted by Gasteiger charge is 2.42. The lowest BCUT2D eigenvalue weighted by molar-refractivity contribution is 0.488. The lowest BCUT2D eigenvalue weighted by Gasteiger charge is -2.39. The second-order valence-electron chi connectivity index (χ2n) is 16.1. The molecule has 11 aromatic rings. The van der Waals surface area contributed by atoms with Crippen molar-refractivity contribution in [2.24, 2.45) is 0 Å². The fourth-order valence-electron chi connectivity index (χ4n) is 10.1. The molecule has 10 aromatic carbocycles. The van der Waals surface area contributed by atoms with Crippen LogP contribution in [0.1, 0.15) is 0 Å². The number of hydrogen-bond donors (Lipinski definition) is 0. The van der Waals surface area contributed by atoms with Gasteiger partial charge in [0.15, 0.2) is 0 Å². The first-order valence-electron chi connectivity index (χ1n) is 21.0. The lowest BCUT2D eigenvalue weighted by atomic mass is 9.34. The molecular formula is C56H36BN3O. The summed E-state index contributed by atoms with van der Waals surface area (Å²) < 4.78 is 9.46. The van der Waals surface area contributed by atoms with E-state index in [0.29, 0.717) is 0 Å². The number of rotatable bonds is 5. The molecule has 2 aliphatic heterocycles. The number of benzene rings is 10. The van der Waals surface area contributed by atoms with Crippen LogP contribution in [0.3, 0.4) is 0 Å². The van der Waals surface area contributed by atoms with Gasteiger partial charge in [0.2, 0.25) is 0 Å². The fraction of sp³-hybridized carbons (Fsp3) is 0. The minimum Gasteiger partial charge on any atom is -0.458 e. The van der Waals surface area contributed by atoms with E-state index in [2.05, 4.69) is 233 Å². The standard InChI is InChI=1S/C56H36BN3O/c1-4-17-40(18-5-1)58(43-29-27-37-15-10-11-16-38(37)33-43)44-30-32-45-39(34-44)28-31-46-47-35-54-49(36-52(47)60(56(45)46)42-21-8-3-9-22-42)57-48-23-12-13-24-50(48)59(41-19-6-2-7-20-41)51-25-14-26-53(61-54)55(51)57/h1-36H. The normalized spacial score (nSPS) is 12.7. The van der Waals surface area contributed by atoms with Gasteiger partial charge < -0.3 is 19.1 Å². The van der Waals surface area contributed by atoms with Crippen molar-refractivity contribution in [1.82, 2.24) is 4.57 Å². The average Bonchev–Trinajstić information content (AvgIpc) is 3.65. The summed E-state index contributed by atoms with van der Waals surface area (Å²) in [5.74, 6) is 1.81. The molecule has 0 atom stereocenters. The third-order valence-electron chi connectivity index (χ3n) is 12.7. The molecule has 0 radical (unpaired) electrons. The zero-order valence-corrected chi connectivity index (χ0v) is 33.1. The van der Waals surface area contributed by atoms with Gasteiger partial charge in [-0.2, -0.15) is 0 Å². The third-order valence-corrected chi connectivity index (χ3v) is 12.7. The molecule has 3 heterocycles. The second kappa shape index (κ2) is 13.3. The van der Waals surface area contributed by atoms with E-state index in [0.717, 1.165) is 51.1 Å². The SMILES string of the molecule is c1ccc(N(c2ccc3ccccc3c2)c2ccc3c(ccc4c5cc6c(cc5n(-c5ccccc5)c34)B3c4ccccc4N(c4ccccc4)c4cccc(c43)O6)c2)cc1. The molecule has 0 N–H and O–H groups in total. The number of fused-ring (bicyclic) bond motifs is 10. The Morgan fingerprint density at radius 3 is 1.85 bits per heavy atom. The summed E-state index contributed by atoms with van der Waals surface area (Å²) in [6, 6.07) is 79.1. The van der Waals surface area contributed by atoms with Crippen LogP contribution in [0.4, 0.5) is 34.1 Å². The number of anilines is 6. The average molecular weight is 778 g/mol. The van der Waals surface area contributed by atoms with Crippen molar-refractivity contribution in [3.8, 4) is 17.2 Å². The van der Waals surface area contributed by atoms with Gasteiger partial charge in [0.1, 0.15) is 11.5 Å². The molecule has 5 heteroatoms. The summed E-state index contributed by atoms with van der Waals surface area (Å²) in [6.45, 7) is -0.00359. The maximum Gasteiger partial charge on any atom is 0.256 e. The monoisotopic (exact) mass is 777 g/mol. The van der Waals surface area contributed by atoms with E-state index >= 15 is 0 Å². The van der Waals surface area contributed by atoms with Gasteiger partial charge in [0.25, 0.3) is 6.71 Å². The molecule has 0 amide bonds. The predicted octanol–water partition coefficient (Wildman–Crippen LogP) is 13.0. The van der Waals surface area contributed by atoms with Crippen molar-refractivity contribution in [3.63, 3.8) is 0 Å². The van der Waals surface area contributed by atoms with Crippen molar-refractivity contribution in [2.45, 2.75) is 0 Å². The van der Waals surface area contributed by atoms with Crippen LogP contribution in [0, 0.1) is 0 Å². The second-order valence-corrected chi connectivity index (χ2v) is 16.1. The Balaban J connectivity index is 1.04. The van der Waals surface area contributed by atoms with Gasteiger partial charge >= 0.3 is 0 Å². The first-order chi connectivity index (χ1) is 30.3. The zero-order chi connectivity index (χ0) is 40.0. The largest absolute Gasteiger partial charge is 0.458 e. The van der Waals surface area contributed by atoms with Crippen molar-refractivity contribution >= 4 is 101 Å². The Hall–Kier alpha value is -8.02. The number of hydrogen-bond acceptors (Lipinski definition) is 3. The van der Waals surface area contributed by atoms with Gasteiger partial charge in [-0.05, 0) is 124 Å². The van der Waals surface area contributed by atoms with Crippen molar-refractivity contribution in [3.05, 3.63) is 218 Å². The highest BCUT2D eigenvalue weighted by molar-refractivity contribution is 6.99. The number of aromatic nitrogens is 1. The van der Waals surface area contributed by atoms with Gasteiger partial charge in [-0.15, -0.1) is 0 Å². The number of nitrogens with zero attached hydrogens (tertiary/aromatic N) is 3. The smallest absolute Gasteiger partial charge is 0.256 e. The molecule has 4 nitrogen and oxygen atoms in total. The first kappa shape index (κ1) is 33.9. The predicted molar refractivity (Wildman–Crippen MR) is 256 cm³/mol. The van der Waals surface area contributed by atoms with Crippen LogP contribution in [0.25, 0.3) is 49.0 Å². The Labute approximate surface area is 353 Å². The van der Waals surface area contributed by atoms with Crippen molar-refractivity contribution in [2.75, 3.05) is 9.80 Å². The summed E-state index contributed by atoms with van der Waals surface area (Å²) in [5, 5.41) is 7.17. The molecule has 284 valence electrons. The van der Waals surface area contributed by atoms with E-state index in [1.165, 1.54) is 59.9 Å². The topological polar surface area (TPSA) is 20.6 Å². The Morgan fingerprint density at radius 1 is 0.393 bits per heavy atom. The Kier molecular flexibility index (Phi) is 7.37. The summed E-state index contributed by atoms with van der Waals surface area (Å²) >= 11 is 0. The van der Waals surface area contributed by atoms with Crippen LogP contribution in [0.15, 0.2) is 218 Å². The fourth-order valence-corrected chi connectivity index (χ4v) is 10.1. The Bertz CT molecular complexity index is 3530. The van der Waals surface area contributed by atoms with Gasteiger partial charge in [0, 0.05) is 56.0 Å². The third kappa shape index (κ3) is 5.14. The van der Waals surface area contributed by atoms with Crippen LogP contribution < -0.4 is 30.9 Å². The number of ether oxygens (including phenoxy) is 1. The highest BCUT2D eigenvalue weighted by atomic mass is 16.5. The van der Waals surface area contributed by atoms with E-state index in [9.17, 15) is 0 Å². The van der Waals surface area contributed by atoms with Crippen LogP contribution >= 0.6 is 0 Å². The van der Waals surface area contributed by atoms with E-state index in [4.69, 9.17) is 4.74 Å². The van der Waals surface area contributed by atoms with Gasteiger partial charge in [-0.1, -0.05) is 127 Å². The van der Waals surface area contributed by atoms with Crippen molar-refractivity contribution < 1.29 is 4.74 Å². The highest BCUT2D eigenvalue weighted by Crippen LogP contribution is 2.44. The molecule has 1 aromatic heterocycles. The molecule has 0 fully saturated rings. The van der Waals surface area contributed by atoms with Gasteiger partial charge in [-0.25, -0.2) is 0 Å². The number of para-hydroxylation sites is 4. The van der Waals surface area contributed by atoms with Crippen LogP contribution in [-0.2, 0) is 0 Å². The molecular weight excluding hydrogens is 741 g/mol. The van der Waals surface area contributed by atoms with E-state index in [-0.39, 0.29) is 6.71 Å². The van der Waals surface area contributed by atoms with Gasteiger partial charge in [0.05, 0.1) is 11.0 Å². The first-order valence-corrected chi connectivity index (χ1v) is 21.0. The minimum absolute atomic E-state index is 0.00359. The van der Waals surface area contributed by atoms with Crippen LogP contribution in [0.2, 0.25) is 0 Å². The maximum absolute atomic E-state index is 6.99. The van der Waals surface area contributed by atoms with E-state index in [1.807, 2.05) is 0 Å². The van der Waals surface area contributed by atoms with E-state index < -0.39 is 0 Å².